The number of hydrogen-bond donors (Lipinski definition) is 0. The molecule has 4 aliphatic heterocycles. The molecule has 6 aromatic rings. The topological polar surface area (TPSA) is 22.2 Å². The van der Waals surface area contributed by atoms with E-state index < -0.39 is 34.4 Å². The average molecular weight is 920 g/mol. The average Bonchev–Trinajstić information content (AvgIpc) is 3.98. The summed E-state index contributed by atoms with van der Waals surface area (Å²) in [7, 11) is 0. The molecule has 2 spiro atoms. The summed E-state index contributed by atoms with van der Waals surface area (Å²) < 4.78 is 9.72. The van der Waals surface area contributed by atoms with Crippen LogP contribution in [0.5, 0.6) is 11.5 Å². The van der Waals surface area contributed by atoms with E-state index in [4.69, 9.17) is 4.74 Å². The van der Waals surface area contributed by atoms with Gasteiger partial charge in [0.25, 0.3) is 0 Å². The van der Waals surface area contributed by atoms with Crippen molar-refractivity contribution in [3.05, 3.63) is 203 Å². The Bertz CT molecular complexity index is 2800. The van der Waals surface area contributed by atoms with Gasteiger partial charge in [0.2, 0.25) is 0 Å². The molecule has 57 heavy (non-hydrogen) atoms. The van der Waals surface area contributed by atoms with Crippen LogP contribution in [-0.4, -0.2) is 33.6 Å². The molecular weight excluding hydrogens is 880 g/mol. The van der Waals surface area contributed by atoms with Gasteiger partial charge in [0.1, 0.15) is 0 Å². The summed E-state index contributed by atoms with van der Waals surface area (Å²) in [6, 6.07) is 54.8. The van der Waals surface area contributed by atoms with Gasteiger partial charge in [-0.25, -0.2) is 0 Å². The molecular formula is C51H40N4OPt-2. The second-order valence-corrected chi connectivity index (χ2v) is 19.8. The van der Waals surface area contributed by atoms with E-state index in [0.29, 0.717) is 11.5 Å². The minimum absolute atomic E-state index is 0.161. The Morgan fingerprint density at radius 3 is 1.42 bits per heavy atom. The number of rotatable bonds is 0. The first-order valence-electron chi connectivity index (χ1n) is 19.7. The maximum absolute atomic E-state index is 7.07. The van der Waals surface area contributed by atoms with Gasteiger partial charge in [0, 0.05) is 0 Å². The van der Waals surface area contributed by atoms with E-state index in [2.05, 4.69) is 212 Å². The Labute approximate surface area is 342 Å². The number of ether oxygens (including phenoxy) is 1. The third kappa shape index (κ3) is 4.13. The van der Waals surface area contributed by atoms with Gasteiger partial charge in [0.05, 0.1) is 0 Å². The minimum atomic E-state index is -0.846. The summed E-state index contributed by atoms with van der Waals surface area (Å²) in [5.74, 6) is 1.36. The van der Waals surface area contributed by atoms with E-state index in [1.165, 1.54) is 58.4 Å². The van der Waals surface area contributed by atoms with Crippen molar-refractivity contribution in [3.8, 4) is 33.8 Å². The first-order valence-corrected chi connectivity index (χ1v) is 21.9. The Balaban J connectivity index is 1.26. The Morgan fingerprint density at radius 2 is 0.930 bits per heavy atom. The number of fused-ring (bicyclic) bond motifs is 18. The van der Waals surface area contributed by atoms with Gasteiger partial charge in [-0.2, -0.15) is 0 Å². The Morgan fingerprint density at radius 1 is 0.491 bits per heavy atom. The third-order valence-electron chi connectivity index (χ3n) is 12.8. The van der Waals surface area contributed by atoms with Crippen LogP contribution in [-0.2, 0) is 34.1 Å². The second-order valence-electron chi connectivity index (χ2n) is 17.2. The zero-order chi connectivity index (χ0) is 38.5. The standard InChI is InChI=1S/C51H40N4O.Pt/c1-48(2,3)36-29-37-32-39(31-36)56-38-16-14-15-35(30-38)50(44-21-10-6-17-40(44)41-18-7-11-22-45(41)50)54-27-25-52(33-54)49(4,5)53-26-28-55(34-53)51(37)46-23-12-8-19-42(46)43-20-9-13-24-47(43)51;/h6-29,31H,1-5H3;/q-2;. The van der Waals surface area contributed by atoms with Gasteiger partial charge in [-0.15, -0.1) is 0 Å². The van der Waals surface area contributed by atoms with Gasteiger partial charge in [-0.05, 0) is 0 Å². The molecule has 6 aromatic carbocycles. The summed E-state index contributed by atoms with van der Waals surface area (Å²) in [5, 5.41) is 0. The van der Waals surface area contributed by atoms with Crippen LogP contribution in [0.2, 0.25) is 0 Å². The molecule has 6 heteroatoms. The second kappa shape index (κ2) is 11.2. The van der Waals surface area contributed by atoms with Crippen molar-refractivity contribution >= 4 is 8.29 Å². The van der Waals surface area contributed by atoms with E-state index in [1.54, 1.807) is 0 Å². The number of hydrogen-bond acceptors (Lipinski definition) is 5. The van der Waals surface area contributed by atoms with Gasteiger partial charge in [-0.1, -0.05) is 0 Å². The number of benzene rings is 6. The van der Waals surface area contributed by atoms with Crippen molar-refractivity contribution in [2.75, 3.05) is 0 Å². The fourth-order valence-corrected chi connectivity index (χ4v) is 14.4. The van der Waals surface area contributed by atoms with E-state index >= 15 is 0 Å². The van der Waals surface area contributed by atoms with Crippen molar-refractivity contribution in [2.24, 2.45) is 0 Å². The van der Waals surface area contributed by atoms with Crippen LogP contribution in [0.4, 0.5) is 0 Å². The van der Waals surface area contributed by atoms with Crippen LogP contribution in [0.1, 0.15) is 73.6 Å². The van der Waals surface area contributed by atoms with Crippen molar-refractivity contribution in [1.29, 1.82) is 0 Å². The summed E-state index contributed by atoms with van der Waals surface area (Å²) in [4.78, 5) is 10.3. The van der Waals surface area contributed by atoms with E-state index in [9.17, 15) is 0 Å². The molecule has 12 rings (SSSR count). The van der Waals surface area contributed by atoms with Crippen LogP contribution in [0, 0.1) is 12.1 Å². The quantitative estimate of drug-likeness (QED) is 0.141. The summed E-state index contributed by atoms with van der Waals surface area (Å²) >= 11 is -0.846. The summed E-state index contributed by atoms with van der Waals surface area (Å²) in [6.07, 6.45) is 9.32. The fourth-order valence-electron chi connectivity index (χ4n) is 10.2. The molecule has 0 atom stereocenters. The molecule has 4 heterocycles. The van der Waals surface area contributed by atoms with Crippen molar-refractivity contribution in [1.82, 2.24) is 19.6 Å². The molecule has 0 N–H and O–H groups in total. The van der Waals surface area contributed by atoms with Gasteiger partial charge < -0.3 is 0 Å². The molecule has 6 bridgehead atoms. The predicted molar refractivity (Wildman–Crippen MR) is 223 cm³/mol. The molecule has 0 amide bonds. The first-order chi connectivity index (χ1) is 27.6. The summed E-state index contributed by atoms with van der Waals surface area (Å²) in [5.41, 5.74) is 11.3. The van der Waals surface area contributed by atoms with E-state index in [-0.39, 0.29) is 5.41 Å². The Hall–Kier alpha value is -5.77. The maximum atomic E-state index is 7.07. The van der Waals surface area contributed by atoms with Crippen LogP contribution in [0.25, 0.3) is 22.3 Å². The number of nitrogens with zero attached hydrogens (tertiary/aromatic N) is 4. The van der Waals surface area contributed by atoms with E-state index in [1.807, 2.05) is 6.07 Å². The van der Waals surface area contributed by atoms with Crippen LogP contribution >= 0.6 is 0 Å². The molecule has 0 radical (unpaired) electrons. The van der Waals surface area contributed by atoms with Gasteiger partial charge >= 0.3 is 344 Å². The van der Waals surface area contributed by atoms with Crippen LogP contribution in [0.3, 0.4) is 0 Å². The Kier molecular flexibility index (Phi) is 6.56. The zero-order valence-electron chi connectivity index (χ0n) is 32.4. The van der Waals surface area contributed by atoms with Crippen molar-refractivity contribution in [2.45, 2.75) is 56.8 Å². The molecule has 0 aromatic heterocycles. The SMILES string of the molecule is CC(C)(C)c1cc2[c-]c(c1)C1(c3ccccc3-c3ccccc31)N1C=CN3[C]1=[Pt]=[C]1N(C=CN1C3(C)C)C1(c3[c-]c(ccc3)O2)c2ccccc2-c2ccccc21. The molecule has 2 aliphatic carbocycles. The molecule has 282 valence electrons. The monoisotopic (exact) mass is 919 g/mol. The van der Waals surface area contributed by atoms with Crippen LogP contribution < -0.4 is 4.74 Å². The molecule has 0 unspecified atom stereocenters. The van der Waals surface area contributed by atoms with Crippen LogP contribution in [0.15, 0.2) is 152 Å². The van der Waals surface area contributed by atoms with Crippen molar-refractivity contribution in [3.63, 3.8) is 0 Å². The molecule has 6 aliphatic rings. The first kappa shape index (κ1) is 33.4. The predicted octanol–water partition coefficient (Wildman–Crippen LogP) is 10.1. The van der Waals surface area contributed by atoms with Gasteiger partial charge in [0.15, 0.2) is 0 Å². The normalized spacial score (nSPS) is 19.2. The molecule has 5 nitrogen and oxygen atoms in total. The van der Waals surface area contributed by atoms with Crippen molar-refractivity contribution < 1.29 is 22.4 Å². The third-order valence-corrected chi connectivity index (χ3v) is 16.0. The molecule has 0 fully saturated rings. The summed E-state index contributed by atoms with van der Waals surface area (Å²) in [6.45, 7) is 11.6. The fraction of sp³-hybridized carbons (Fsp3) is 0.176. The van der Waals surface area contributed by atoms with Gasteiger partial charge in [-0.3, -0.25) is 0 Å². The van der Waals surface area contributed by atoms with E-state index in [0.717, 1.165) is 11.1 Å². The molecule has 0 saturated heterocycles. The zero-order valence-corrected chi connectivity index (χ0v) is 34.7. The molecule has 0 saturated carbocycles.